The third-order valence-electron chi connectivity index (χ3n) is 4.96. The minimum absolute atomic E-state index is 0.00796. The number of hydrogen-bond donors (Lipinski definition) is 1. The molecule has 1 aliphatic heterocycles. The summed E-state index contributed by atoms with van der Waals surface area (Å²) < 4.78 is 1.39. The number of aliphatic carboxylic acids is 1. The van der Waals surface area contributed by atoms with Crippen LogP contribution in [0.4, 0.5) is 0 Å². The van der Waals surface area contributed by atoms with Crippen LogP contribution in [0.5, 0.6) is 0 Å². The van der Waals surface area contributed by atoms with E-state index in [0.29, 0.717) is 6.42 Å². The number of fused-ring (bicyclic) bond motifs is 1. The van der Waals surface area contributed by atoms with Gasteiger partial charge in [0.2, 0.25) is 0 Å². The number of nitrogens with zero attached hydrogens (tertiary/aromatic N) is 2. The van der Waals surface area contributed by atoms with E-state index in [0.717, 1.165) is 25.7 Å². The first kappa shape index (κ1) is 14.8. The molecule has 118 valence electrons. The van der Waals surface area contributed by atoms with Gasteiger partial charge in [-0.15, -0.1) is 0 Å². The molecule has 2 aliphatic rings. The molecule has 1 saturated carbocycles. The van der Waals surface area contributed by atoms with Crippen molar-refractivity contribution in [2.24, 2.45) is 13.0 Å². The smallest absolute Gasteiger partial charge is 0.326 e. The van der Waals surface area contributed by atoms with Crippen LogP contribution in [-0.4, -0.2) is 38.5 Å². The van der Waals surface area contributed by atoms with Crippen molar-refractivity contribution in [2.45, 2.75) is 44.2 Å². The van der Waals surface area contributed by atoms with Crippen molar-refractivity contribution in [1.82, 2.24) is 9.47 Å². The van der Waals surface area contributed by atoms with Gasteiger partial charge in [-0.1, -0.05) is 12.8 Å². The van der Waals surface area contributed by atoms with E-state index in [9.17, 15) is 19.5 Å². The normalized spacial score (nSPS) is 27.5. The summed E-state index contributed by atoms with van der Waals surface area (Å²) in [5.41, 5.74) is 0.0117. The second kappa shape index (κ2) is 5.59. The fourth-order valence-electron chi connectivity index (χ4n) is 3.80. The Balaban J connectivity index is 1.95. The molecule has 0 unspecified atom stereocenters. The lowest BCUT2D eigenvalue weighted by Crippen LogP contribution is -2.46. The van der Waals surface area contributed by atoms with Crippen molar-refractivity contribution in [3.8, 4) is 0 Å². The number of carbonyl (C=O) groups is 2. The molecule has 1 aliphatic carbocycles. The molecule has 1 aromatic heterocycles. The van der Waals surface area contributed by atoms with Crippen LogP contribution >= 0.6 is 0 Å². The maximum atomic E-state index is 12.8. The van der Waals surface area contributed by atoms with Crippen LogP contribution in [0, 0.1) is 5.92 Å². The molecule has 0 radical (unpaired) electrons. The lowest BCUT2D eigenvalue weighted by Gasteiger charge is -2.33. The van der Waals surface area contributed by atoms with E-state index >= 15 is 0 Å². The highest BCUT2D eigenvalue weighted by molar-refractivity contribution is 5.97. The molecule has 0 spiro atoms. The molecule has 22 heavy (non-hydrogen) atoms. The predicted octanol–water partition coefficient (Wildman–Crippen LogP) is 1.24. The van der Waals surface area contributed by atoms with Gasteiger partial charge in [0, 0.05) is 30.9 Å². The fourth-order valence-corrected chi connectivity index (χ4v) is 3.80. The zero-order valence-corrected chi connectivity index (χ0v) is 12.6. The summed E-state index contributed by atoms with van der Waals surface area (Å²) in [5.74, 6) is -1.02. The van der Waals surface area contributed by atoms with Crippen molar-refractivity contribution >= 4 is 11.9 Å². The third-order valence-corrected chi connectivity index (χ3v) is 4.96. The first-order valence-electron chi connectivity index (χ1n) is 7.71. The molecular formula is C16H20N2O4. The van der Waals surface area contributed by atoms with Crippen molar-refractivity contribution in [3.05, 3.63) is 34.2 Å². The second-order valence-corrected chi connectivity index (χ2v) is 6.28. The number of carboxylic acids is 1. The Morgan fingerprint density at radius 1 is 1.27 bits per heavy atom. The standard InChI is InChI=1S/C16H20N2O4/c1-17-7-6-11(9-14(17)19)15(20)18-12-5-3-2-4-10(12)8-13(18)16(21)22/h6-7,9-10,12-13H,2-5,8H2,1H3,(H,21,22)/t10-,12-,13-/m0/s1. The highest BCUT2D eigenvalue weighted by Crippen LogP contribution is 2.40. The maximum Gasteiger partial charge on any atom is 0.326 e. The van der Waals surface area contributed by atoms with Crippen LogP contribution in [0.25, 0.3) is 0 Å². The molecule has 6 nitrogen and oxygen atoms in total. The molecule has 0 bridgehead atoms. The van der Waals surface area contributed by atoms with Crippen LogP contribution in [0.15, 0.2) is 23.1 Å². The van der Waals surface area contributed by atoms with E-state index in [1.807, 2.05) is 0 Å². The minimum atomic E-state index is -0.952. The van der Waals surface area contributed by atoms with Crippen LogP contribution < -0.4 is 5.56 Å². The Bertz CT molecular complexity index is 666. The van der Waals surface area contributed by atoms with Gasteiger partial charge in [0.05, 0.1) is 0 Å². The summed E-state index contributed by atoms with van der Waals surface area (Å²) in [6, 6.07) is 2.09. The number of likely N-dealkylation sites (tertiary alicyclic amines) is 1. The molecular weight excluding hydrogens is 284 g/mol. The Morgan fingerprint density at radius 3 is 2.68 bits per heavy atom. The predicted molar refractivity (Wildman–Crippen MR) is 79.6 cm³/mol. The number of aryl methyl sites for hydroxylation is 1. The summed E-state index contributed by atoms with van der Waals surface area (Å²) in [6.45, 7) is 0. The van der Waals surface area contributed by atoms with E-state index in [4.69, 9.17) is 0 Å². The number of pyridine rings is 1. The lowest BCUT2D eigenvalue weighted by molar-refractivity contribution is -0.141. The molecule has 1 saturated heterocycles. The molecule has 2 fully saturated rings. The minimum Gasteiger partial charge on any atom is -0.480 e. The molecule has 2 heterocycles. The first-order valence-corrected chi connectivity index (χ1v) is 7.71. The maximum absolute atomic E-state index is 12.8. The fraction of sp³-hybridized carbons (Fsp3) is 0.562. The number of rotatable bonds is 2. The van der Waals surface area contributed by atoms with E-state index in [2.05, 4.69) is 0 Å². The molecule has 0 aromatic carbocycles. The van der Waals surface area contributed by atoms with E-state index < -0.39 is 12.0 Å². The molecule has 3 rings (SSSR count). The van der Waals surface area contributed by atoms with E-state index in [1.165, 1.54) is 15.5 Å². The van der Waals surface area contributed by atoms with Crippen LogP contribution in [-0.2, 0) is 11.8 Å². The van der Waals surface area contributed by atoms with Crippen LogP contribution in [0.1, 0.15) is 42.5 Å². The van der Waals surface area contributed by atoms with Crippen LogP contribution in [0.2, 0.25) is 0 Å². The lowest BCUT2D eigenvalue weighted by atomic mass is 9.84. The van der Waals surface area contributed by atoms with Crippen LogP contribution in [0.3, 0.4) is 0 Å². The van der Waals surface area contributed by atoms with Gasteiger partial charge in [0.15, 0.2) is 0 Å². The summed E-state index contributed by atoms with van der Waals surface area (Å²) in [6.07, 6.45) is 6.02. The van der Waals surface area contributed by atoms with Gasteiger partial charge in [-0.25, -0.2) is 4.79 Å². The number of carbonyl (C=O) groups excluding carboxylic acids is 1. The number of amides is 1. The van der Waals surface area contributed by atoms with E-state index in [1.54, 1.807) is 19.3 Å². The Labute approximate surface area is 128 Å². The zero-order valence-electron chi connectivity index (χ0n) is 12.6. The van der Waals surface area contributed by atoms with Crippen molar-refractivity contribution in [2.75, 3.05) is 0 Å². The summed E-state index contributed by atoms with van der Waals surface area (Å²) in [5, 5.41) is 9.47. The van der Waals surface area contributed by atoms with Gasteiger partial charge >= 0.3 is 5.97 Å². The van der Waals surface area contributed by atoms with Crippen molar-refractivity contribution in [1.29, 1.82) is 0 Å². The Hall–Kier alpha value is -2.11. The summed E-state index contributed by atoms with van der Waals surface area (Å²) in [4.78, 5) is 37.6. The van der Waals surface area contributed by atoms with Crippen molar-refractivity contribution in [3.63, 3.8) is 0 Å². The molecule has 1 N–H and O–H groups in total. The number of aromatic nitrogens is 1. The second-order valence-electron chi connectivity index (χ2n) is 6.28. The molecule has 1 aromatic rings. The zero-order chi connectivity index (χ0) is 15.9. The van der Waals surface area contributed by atoms with Gasteiger partial charge in [-0.3, -0.25) is 9.59 Å². The average Bonchev–Trinajstić information content (AvgIpc) is 2.89. The van der Waals surface area contributed by atoms with Crippen molar-refractivity contribution < 1.29 is 14.7 Å². The highest BCUT2D eigenvalue weighted by Gasteiger charge is 2.47. The molecule has 1 amide bonds. The highest BCUT2D eigenvalue weighted by atomic mass is 16.4. The number of carboxylic acid groups (broad SMARTS) is 1. The number of hydrogen-bond acceptors (Lipinski definition) is 3. The molecule has 6 heteroatoms. The third kappa shape index (κ3) is 2.42. The van der Waals surface area contributed by atoms with Gasteiger partial charge < -0.3 is 14.6 Å². The SMILES string of the molecule is Cn1ccc(C(=O)N2[C@H](C(=O)O)C[C@@H]3CCCC[C@@H]32)cc1=O. The molecule has 3 atom stereocenters. The Morgan fingerprint density at radius 2 is 2.00 bits per heavy atom. The topological polar surface area (TPSA) is 79.6 Å². The summed E-state index contributed by atoms with van der Waals surface area (Å²) in [7, 11) is 1.61. The quantitative estimate of drug-likeness (QED) is 0.891. The first-order chi connectivity index (χ1) is 10.5. The van der Waals surface area contributed by atoms with E-state index in [-0.39, 0.29) is 29.0 Å². The van der Waals surface area contributed by atoms with Gasteiger partial charge in [0.25, 0.3) is 11.5 Å². The Kier molecular flexibility index (Phi) is 3.76. The summed E-state index contributed by atoms with van der Waals surface area (Å²) >= 11 is 0. The van der Waals surface area contributed by atoms with Gasteiger partial charge in [0.1, 0.15) is 6.04 Å². The monoisotopic (exact) mass is 304 g/mol. The largest absolute Gasteiger partial charge is 0.480 e. The van der Waals surface area contributed by atoms with Gasteiger partial charge in [-0.05, 0) is 31.2 Å². The van der Waals surface area contributed by atoms with Gasteiger partial charge in [-0.2, -0.15) is 0 Å². The average molecular weight is 304 g/mol.